The van der Waals surface area contributed by atoms with Crippen LogP contribution >= 0.6 is 15.9 Å². The van der Waals surface area contributed by atoms with E-state index in [9.17, 15) is 9.59 Å². The number of rotatable bonds is 3. The van der Waals surface area contributed by atoms with Gasteiger partial charge in [-0.05, 0) is 32.9 Å². The molecule has 0 amide bonds. The molecule has 0 N–H and O–H groups in total. The first-order chi connectivity index (χ1) is 7.80. The molecule has 0 atom stereocenters. The summed E-state index contributed by atoms with van der Waals surface area (Å²) in [5.74, 6) is -0.571. The lowest BCUT2D eigenvalue weighted by Gasteiger charge is -2.16. The van der Waals surface area contributed by atoms with Crippen molar-refractivity contribution in [1.82, 2.24) is 0 Å². The van der Waals surface area contributed by atoms with Gasteiger partial charge >= 0.3 is 5.97 Å². The Morgan fingerprint density at radius 2 is 1.71 bits per heavy atom. The predicted molar refractivity (Wildman–Crippen MR) is 68.9 cm³/mol. The number of hydrogen-bond donors (Lipinski definition) is 0. The number of Topliss-reactive ketones (excluding diaryl/α,β-unsaturated/α-hetero) is 1. The van der Waals surface area contributed by atoms with Crippen LogP contribution in [-0.4, -0.2) is 18.4 Å². The maximum Gasteiger partial charge on any atom is 0.311 e. The van der Waals surface area contributed by atoms with Crippen LogP contribution < -0.4 is 0 Å². The van der Waals surface area contributed by atoms with E-state index in [0.717, 1.165) is 4.47 Å². The molecule has 0 saturated heterocycles. The fourth-order valence-corrected chi connectivity index (χ4v) is 1.33. The summed E-state index contributed by atoms with van der Waals surface area (Å²) in [6.07, 6.45) is 0. The first-order valence-corrected chi connectivity index (χ1v) is 6.06. The van der Waals surface area contributed by atoms with Gasteiger partial charge < -0.3 is 4.74 Å². The van der Waals surface area contributed by atoms with E-state index in [-0.39, 0.29) is 18.4 Å². The van der Waals surface area contributed by atoms with Crippen LogP contribution in [0.3, 0.4) is 0 Å². The quantitative estimate of drug-likeness (QED) is 0.636. The molecule has 0 aliphatic rings. The van der Waals surface area contributed by atoms with Gasteiger partial charge in [-0.25, -0.2) is 0 Å². The van der Waals surface area contributed by atoms with Gasteiger partial charge in [0.25, 0.3) is 0 Å². The van der Waals surface area contributed by atoms with Crippen LogP contribution in [-0.2, 0) is 9.53 Å². The lowest BCUT2D eigenvalue weighted by atomic mass is 9.97. The van der Waals surface area contributed by atoms with Gasteiger partial charge in [0.05, 0.1) is 5.41 Å². The van der Waals surface area contributed by atoms with Crippen molar-refractivity contribution in [3.63, 3.8) is 0 Å². The molecule has 0 aromatic heterocycles. The molecule has 17 heavy (non-hydrogen) atoms. The zero-order valence-electron chi connectivity index (χ0n) is 10.1. The Balaban J connectivity index is 2.56. The number of ketones is 1. The number of hydrogen-bond acceptors (Lipinski definition) is 3. The van der Waals surface area contributed by atoms with Crippen molar-refractivity contribution in [3.05, 3.63) is 34.3 Å². The van der Waals surface area contributed by atoms with Crippen molar-refractivity contribution in [2.24, 2.45) is 5.41 Å². The number of carbonyl (C=O) groups is 2. The molecule has 1 aromatic rings. The van der Waals surface area contributed by atoms with Crippen LogP contribution in [0.15, 0.2) is 28.7 Å². The summed E-state index contributed by atoms with van der Waals surface area (Å²) in [4.78, 5) is 23.2. The Morgan fingerprint density at radius 3 is 2.18 bits per heavy atom. The molecule has 0 saturated carbocycles. The number of ether oxygens (including phenoxy) is 1. The van der Waals surface area contributed by atoms with Gasteiger partial charge in [0.1, 0.15) is 0 Å². The van der Waals surface area contributed by atoms with E-state index < -0.39 is 5.41 Å². The van der Waals surface area contributed by atoms with E-state index in [0.29, 0.717) is 5.56 Å². The summed E-state index contributed by atoms with van der Waals surface area (Å²) in [5.41, 5.74) is -0.0464. The Morgan fingerprint density at radius 1 is 1.18 bits per heavy atom. The fourth-order valence-electron chi connectivity index (χ4n) is 1.07. The lowest BCUT2D eigenvalue weighted by Crippen LogP contribution is -2.25. The third kappa shape index (κ3) is 4.30. The van der Waals surface area contributed by atoms with Crippen molar-refractivity contribution >= 4 is 27.7 Å². The Bertz CT molecular complexity index is 415. The number of benzene rings is 1. The summed E-state index contributed by atoms with van der Waals surface area (Å²) in [6, 6.07) is 6.94. The van der Waals surface area contributed by atoms with Gasteiger partial charge in [0, 0.05) is 10.0 Å². The fraction of sp³-hybridized carbons (Fsp3) is 0.385. The number of halogens is 1. The molecule has 1 aromatic carbocycles. The molecular formula is C13H15BrO3. The molecule has 0 fully saturated rings. The Labute approximate surface area is 109 Å². The van der Waals surface area contributed by atoms with Gasteiger partial charge in [-0.1, -0.05) is 28.1 Å². The first-order valence-electron chi connectivity index (χ1n) is 5.26. The number of esters is 1. The second-order valence-corrected chi connectivity index (χ2v) is 5.67. The molecule has 0 spiro atoms. The maximum atomic E-state index is 11.7. The molecule has 0 heterocycles. The highest BCUT2D eigenvalue weighted by molar-refractivity contribution is 9.10. The van der Waals surface area contributed by atoms with Gasteiger partial charge in [-0.2, -0.15) is 0 Å². The topological polar surface area (TPSA) is 43.4 Å². The minimum Gasteiger partial charge on any atom is -0.457 e. The average molecular weight is 299 g/mol. The van der Waals surface area contributed by atoms with Crippen molar-refractivity contribution < 1.29 is 14.3 Å². The van der Waals surface area contributed by atoms with Crippen molar-refractivity contribution in [3.8, 4) is 0 Å². The van der Waals surface area contributed by atoms with E-state index in [1.165, 1.54) is 0 Å². The highest BCUT2D eigenvalue weighted by Gasteiger charge is 2.23. The minimum atomic E-state index is -0.583. The molecular weight excluding hydrogens is 284 g/mol. The largest absolute Gasteiger partial charge is 0.457 e. The van der Waals surface area contributed by atoms with Crippen LogP contribution in [0.1, 0.15) is 31.1 Å². The molecule has 3 nitrogen and oxygen atoms in total. The Kier molecular flexibility index (Phi) is 4.46. The van der Waals surface area contributed by atoms with Crippen LogP contribution in [0.25, 0.3) is 0 Å². The van der Waals surface area contributed by atoms with Gasteiger partial charge in [-0.3, -0.25) is 9.59 Å². The maximum absolute atomic E-state index is 11.7. The van der Waals surface area contributed by atoms with Gasteiger partial charge in [0.15, 0.2) is 12.4 Å². The van der Waals surface area contributed by atoms with E-state index in [1.54, 1.807) is 45.0 Å². The third-order valence-corrected chi connectivity index (χ3v) is 2.64. The molecule has 0 bridgehead atoms. The first kappa shape index (κ1) is 13.9. The summed E-state index contributed by atoms with van der Waals surface area (Å²) in [7, 11) is 0. The molecule has 0 radical (unpaired) electrons. The molecule has 0 aliphatic heterocycles. The van der Waals surface area contributed by atoms with Gasteiger partial charge in [-0.15, -0.1) is 0 Å². The summed E-state index contributed by atoms with van der Waals surface area (Å²) < 4.78 is 5.86. The summed E-state index contributed by atoms with van der Waals surface area (Å²) >= 11 is 3.29. The second kappa shape index (κ2) is 5.45. The van der Waals surface area contributed by atoms with Crippen LogP contribution in [0.4, 0.5) is 0 Å². The van der Waals surface area contributed by atoms with Crippen LogP contribution in [0.2, 0.25) is 0 Å². The molecule has 0 unspecified atom stereocenters. The van der Waals surface area contributed by atoms with E-state index in [2.05, 4.69) is 15.9 Å². The van der Waals surface area contributed by atoms with E-state index >= 15 is 0 Å². The minimum absolute atomic E-state index is 0.199. The lowest BCUT2D eigenvalue weighted by molar-refractivity contribution is -0.151. The van der Waals surface area contributed by atoms with Crippen molar-refractivity contribution in [2.75, 3.05) is 6.61 Å². The van der Waals surface area contributed by atoms with Crippen molar-refractivity contribution in [2.45, 2.75) is 20.8 Å². The number of carbonyl (C=O) groups excluding carboxylic acids is 2. The summed E-state index contributed by atoms with van der Waals surface area (Å²) in [6.45, 7) is 5.04. The summed E-state index contributed by atoms with van der Waals surface area (Å²) in [5, 5.41) is 0. The van der Waals surface area contributed by atoms with Gasteiger partial charge in [0.2, 0.25) is 0 Å². The monoisotopic (exact) mass is 298 g/mol. The van der Waals surface area contributed by atoms with Crippen LogP contribution in [0.5, 0.6) is 0 Å². The average Bonchev–Trinajstić information content (AvgIpc) is 2.25. The SMILES string of the molecule is CC(C)(C)C(=O)OCC(=O)c1ccc(Br)cc1. The third-order valence-electron chi connectivity index (χ3n) is 2.11. The van der Waals surface area contributed by atoms with E-state index in [4.69, 9.17) is 4.74 Å². The molecule has 1 rings (SSSR count). The van der Waals surface area contributed by atoms with E-state index in [1.807, 2.05) is 0 Å². The molecule has 92 valence electrons. The smallest absolute Gasteiger partial charge is 0.311 e. The highest BCUT2D eigenvalue weighted by Crippen LogP contribution is 2.16. The molecule has 0 aliphatic carbocycles. The normalized spacial score (nSPS) is 11.1. The zero-order chi connectivity index (χ0) is 13.1. The second-order valence-electron chi connectivity index (χ2n) is 4.76. The van der Waals surface area contributed by atoms with Crippen molar-refractivity contribution in [1.29, 1.82) is 0 Å². The standard InChI is InChI=1S/C13H15BrO3/c1-13(2,3)12(16)17-8-11(15)9-4-6-10(14)7-5-9/h4-7H,8H2,1-3H3. The molecule has 4 heteroatoms. The van der Waals surface area contributed by atoms with Crippen LogP contribution in [0, 0.1) is 5.41 Å². The zero-order valence-corrected chi connectivity index (χ0v) is 11.7. The highest BCUT2D eigenvalue weighted by atomic mass is 79.9. The predicted octanol–water partition coefficient (Wildman–Crippen LogP) is 3.22. The Hall–Kier alpha value is -1.16.